The SMILES string of the molecule is CN[C@@H]1[C@H](O[C@@H]2c3cc4c(cc3[C@@H](c3cc(OC)c(O)c(OC)c3)[C@H]3C(=O)OC[C@@H]32)OCO4)O[C@H]2CO[C@H](C)O[C@@H]2[C@H]1O. The molecule has 2 aromatic carbocycles. The van der Waals surface area contributed by atoms with E-state index in [0.717, 1.165) is 11.1 Å². The first-order valence-corrected chi connectivity index (χ1v) is 14.3. The monoisotopic (exact) mass is 601 g/mol. The van der Waals surface area contributed by atoms with E-state index in [2.05, 4.69) is 5.32 Å². The number of aromatic hydroxyl groups is 1. The number of fused-ring (bicyclic) bond motifs is 4. The normalized spacial score (nSPS) is 35.9. The molecule has 0 amide bonds. The molecule has 1 aliphatic carbocycles. The van der Waals surface area contributed by atoms with Crippen LogP contribution in [0, 0.1) is 11.8 Å². The highest BCUT2D eigenvalue weighted by atomic mass is 16.7. The van der Waals surface area contributed by atoms with Gasteiger partial charge < -0.3 is 58.2 Å². The quantitative estimate of drug-likeness (QED) is 0.411. The number of nitrogens with one attached hydrogen (secondary N) is 1. The van der Waals surface area contributed by atoms with E-state index < -0.39 is 60.8 Å². The molecule has 0 spiro atoms. The lowest BCUT2D eigenvalue weighted by Crippen LogP contribution is -2.66. The largest absolute Gasteiger partial charge is 0.502 e. The Kier molecular flexibility index (Phi) is 7.27. The number of phenolic OH excluding ortho intramolecular Hbond substituents is 1. The summed E-state index contributed by atoms with van der Waals surface area (Å²) >= 11 is 0. The van der Waals surface area contributed by atoms with Crippen LogP contribution >= 0.6 is 0 Å². The van der Waals surface area contributed by atoms with Gasteiger partial charge in [0.2, 0.25) is 12.5 Å². The summed E-state index contributed by atoms with van der Waals surface area (Å²) in [5.41, 5.74) is 2.21. The van der Waals surface area contributed by atoms with Crippen LogP contribution in [0.15, 0.2) is 24.3 Å². The second kappa shape index (κ2) is 11.0. The van der Waals surface area contributed by atoms with Crippen molar-refractivity contribution < 1.29 is 57.6 Å². The molecule has 10 atom stereocenters. The molecule has 0 radical (unpaired) electrons. The molecule has 7 rings (SSSR count). The van der Waals surface area contributed by atoms with E-state index in [4.69, 9.17) is 42.6 Å². The second-order valence-electron chi connectivity index (χ2n) is 11.3. The van der Waals surface area contributed by atoms with Crippen LogP contribution in [0.25, 0.3) is 0 Å². The lowest BCUT2D eigenvalue weighted by Gasteiger charge is -2.49. The maximum absolute atomic E-state index is 13.5. The maximum Gasteiger partial charge on any atom is 0.310 e. The molecule has 4 aliphatic heterocycles. The molecule has 4 heterocycles. The predicted octanol–water partition coefficient (Wildman–Crippen LogP) is 1.57. The molecule has 0 unspecified atom stereocenters. The van der Waals surface area contributed by atoms with Crippen LogP contribution in [-0.4, -0.2) is 94.4 Å². The molecule has 2 aromatic rings. The van der Waals surface area contributed by atoms with E-state index in [-0.39, 0.29) is 43.2 Å². The Morgan fingerprint density at radius 3 is 2.33 bits per heavy atom. The standard InChI is InChI=1S/C30H35NO12/c1-12-37-10-21-28(41-12)26(33)24(31-2)30(42-21)43-27-15-8-18-17(39-11-40-18)7-14(15)22(23-16(27)9-38-29(23)34)13-5-19(35-3)25(32)20(6-13)36-4/h5-8,12,16,21-24,26-28,30-33H,9-11H2,1-4H3/t12-,16-,21-,22+,23-,24-,26-,27+,28-,30-/m0/s1. The average Bonchev–Trinajstić information content (AvgIpc) is 3.63. The summed E-state index contributed by atoms with van der Waals surface area (Å²) < 4.78 is 52.6. The number of esters is 1. The van der Waals surface area contributed by atoms with Gasteiger partial charge in [0, 0.05) is 11.8 Å². The molecule has 13 nitrogen and oxygen atoms in total. The molecule has 3 fully saturated rings. The van der Waals surface area contributed by atoms with Crippen LogP contribution in [0.4, 0.5) is 0 Å². The molecule has 0 bridgehead atoms. The average molecular weight is 602 g/mol. The van der Waals surface area contributed by atoms with Gasteiger partial charge in [0.25, 0.3) is 0 Å². The number of ether oxygens (including phenoxy) is 9. The number of hydrogen-bond donors (Lipinski definition) is 3. The summed E-state index contributed by atoms with van der Waals surface area (Å²) in [7, 11) is 4.62. The Bertz CT molecular complexity index is 1380. The summed E-state index contributed by atoms with van der Waals surface area (Å²) in [5, 5.41) is 25.0. The fourth-order valence-corrected chi connectivity index (χ4v) is 7.06. The molecule has 0 aromatic heterocycles. The Hall–Kier alpha value is -3.33. The van der Waals surface area contributed by atoms with Crippen LogP contribution in [-0.2, 0) is 28.5 Å². The third-order valence-electron chi connectivity index (χ3n) is 9.11. The smallest absolute Gasteiger partial charge is 0.310 e. The summed E-state index contributed by atoms with van der Waals surface area (Å²) in [4.78, 5) is 13.5. The highest BCUT2D eigenvalue weighted by Gasteiger charge is 2.56. The predicted molar refractivity (Wildman–Crippen MR) is 145 cm³/mol. The van der Waals surface area contributed by atoms with Gasteiger partial charge in [-0.25, -0.2) is 0 Å². The molecular formula is C30H35NO12. The van der Waals surface area contributed by atoms with Gasteiger partial charge in [-0.1, -0.05) is 0 Å². The molecule has 0 saturated carbocycles. The minimum Gasteiger partial charge on any atom is -0.502 e. The van der Waals surface area contributed by atoms with Gasteiger partial charge in [0.15, 0.2) is 35.6 Å². The number of hydrogen-bond acceptors (Lipinski definition) is 13. The van der Waals surface area contributed by atoms with Crippen LogP contribution in [0.1, 0.15) is 35.6 Å². The Morgan fingerprint density at radius 2 is 1.65 bits per heavy atom. The van der Waals surface area contributed by atoms with Crippen molar-refractivity contribution in [3.63, 3.8) is 0 Å². The number of carbonyl (C=O) groups excluding carboxylic acids is 1. The van der Waals surface area contributed by atoms with Gasteiger partial charge in [-0.05, 0) is 54.9 Å². The van der Waals surface area contributed by atoms with Crippen molar-refractivity contribution in [1.29, 1.82) is 0 Å². The number of benzene rings is 2. The van der Waals surface area contributed by atoms with Crippen molar-refractivity contribution in [3.8, 4) is 28.7 Å². The number of cyclic esters (lactones) is 1. The van der Waals surface area contributed by atoms with Crippen LogP contribution in [0.2, 0.25) is 0 Å². The molecular weight excluding hydrogens is 566 g/mol. The summed E-state index contributed by atoms with van der Waals surface area (Å²) in [6.45, 7) is 2.18. The minimum atomic E-state index is -0.943. The Labute approximate surface area is 247 Å². The van der Waals surface area contributed by atoms with Crippen molar-refractivity contribution in [2.45, 2.75) is 55.9 Å². The highest BCUT2D eigenvalue weighted by molar-refractivity contribution is 5.79. The lowest BCUT2D eigenvalue weighted by atomic mass is 9.66. The molecule has 3 N–H and O–H groups in total. The zero-order chi connectivity index (χ0) is 30.0. The van der Waals surface area contributed by atoms with Gasteiger partial charge in [-0.2, -0.15) is 0 Å². The zero-order valence-corrected chi connectivity index (χ0v) is 24.2. The van der Waals surface area contributed by atoms with Crippen LogP contribution < -0.4 is 24.3 Å². The summed E-state index contributed by atoms with van der Waals surface area (Å²) in [5.74, 6) is -0.617. The topological polar surface area (TPSA) is 153 Å². The Balaban J connectivity index is 1.33. The molecule has 43 heavy (non-hydrogen) atoms. The number of carbonyl (C=O) groups is 1. The maximum atomic E-state index is 13.5. The first kappa shape index (κ1) is 28.4. The third-order valence-corrected chi connectivity index (χ3v) is 9.11. The van der Waals surface area contributed by atoms with Gasteiger partial charge in [-0.15, -0.1) is 0 Å². The second-order valence-corrected chi connectivity index (χ2v) is 11.3. The summed E-state index contributed by atoms with van der Waals surface area (Å²) in [6, 6.07) is 6.49. The highest BCUT2D eigenvalue weighted by Crippen LogP contribution is 2.57. The summed E-state index contributed by atoms with van der Waals surface area (Å²) in [6.07, 6.45) is -4.15. The van der Waals surface area contributed by atoms with Gasteiger partial charge in [0.1, 0.15) is 18.3 Å². The zero-order valence-electron chi connectivity index (χ0n) is 24.2. The number of likely N-dealkylation sites (N-methyl/N-ethyl adjacent to an activating group) is 1. The first-order chi connectivity index (χ1) is 20.8. The van der Waals surface area contributed by atoms with E-state index in [1.807, 2.05) is 12.1 Å². The van der Waals surface area contributed by atoms with E-state index in [1.54, 1.807) is 26.1 Å². The fourth-order valence-electron chi connectivity index (χ4n) is 7.06. The van der Waals surface area contributed by atoms with Crippen molar-refractivity contribution in [3.05, 3.63) is 41.0 Å². The first-order valence-electron chi connectivity index (χ1n) is 14.3. The van der Waals surface area contributed by atoms with Crippen molar-refractivity contribution >= 4 is 5.97 Å². The molecule has 5 aliphatic rings. The van der Waals surface area contributed by atoms with E-state index in [0.29, 0.717) is 17.1 Å². The number of rotatable bonds is 6. The van der Waals surface area contributed by atoms with E-state index in [9.17, 15) is 15.0 Å². The molecule has 13 heteroatoms. The van der Waals surface area contributed by atoms with Crippen molar-refractivity contribution in [2.75, 3.05) is 41.3 Å². The molecule has 3 saturated heterocycles. The molecule has 232 valence electrons. The van der Waals surface area contributed by atoms with Gasteiger partial charge in [0.05, 0.1) is 45.5 Å². The van der Waals surface area contributed by atoms with Gasteiger partial charge in [-0.3, -0.25) is 4.79 Å². The van der Waals surface area contributed by atoms with Crippen molar-refractivity contribution in [2.24, 2.45) is 11.8 Å². The van der Waals surface area contributed by atoms with E-state index in [1.165, 1.54) is 14.2 Å². The van der Waals surface area contributed by atoms with Crippen molar-refractivity contribution in [1.82, 2.24) is 5.32 Å². The number of aliphatic hydroxyl groups excluding tert-OH is 1. The van der Waals surface area contributed by atoms with Gasteiger partial charge >= 0.3 is 5.97 Å². The number of phenols is 1. The third kappa shape index (κ3) is 4.57. The fraction of sp³-hybridized carbons (Fsp3) is 0.567. The minimum absolute atomic E-state index is 0.0609. The van der Waals surface area contributed by atoms with Crippen LogP contribution in [0.5, 0.6) is 28.7 Å². The lowest BCUT2D eigenvalue weighted by molar-refractivity contribution is -0.346. The number of aliphatic hydroxyl groups is 1. The Morgan fingerprint density at radius 1 is 0.953 bits per heavy atom. The van der Waals surface area contributed by atoms with E-state index >= 15 is 0 Å². The number of methoxy groups -OCH3 is 2. The van der Waals surface area contributed by atoms with Crippen LogP contribution in [0.3, 0.4) is 0 Å².